The van der Waals surface area contributed by atoms with Crippen LogP contribution in [0.4, 0.5) is 5.69 Å². The second kappa shape index (κ2) is 4.85. The molecule has 0 radical (unpaired) electrons. The van der Waals surface area contributed by atoms with Crippen molar-refractivity contribution in [2.24, 2.45) is 11.3 Å². The van der Waals surface area contributed by atoms with Crippen LogP contribution in [0, 0.1) is 11.3 Å². The summed E-state index contributed by atoms with van der Waals surface area (Å²) in [6.45, 7) is 1.29. The van der Waals surface area contributed by atoms with Crippen molar-refractivity contribution in [3.8, 4) is 0 Å². The first kappa shape index (κ1) is 15.0. The van der Waals surface area contributed by atoms with Gasteiger partial charge in [0.15, 0.2) is 0 Å². The number of carbonyl (C=O) groups is 1. The highest BCUT2D eigenvalue weighted by Gasteiger charge is 2.68. The molecule has 128 valence electrons. The largest absolute Gasteiger partial charge is 0.481 e. The van der Waals surface area contributed by atoms with E-state index in [1.807, 2.05) is 24.3 Å². The molecule has 4 aliphatic rings. The van der Waals surface area contributed by atoms with Gasteiger partial charge in [-0.15, -0.1) is 0 Å². The Balaban J connectivity index is 1.86. The number of aliphatic carboxylic acids is 1. The Morgan fingerprint density at radius 3 is 2.84 bits per heavy atom. The first-order valence-corrected chi connectivity index (χ1v) is 9.00. The highest BCUT2D eigenvalue weighted by molar-refractivity contribution is 5.80. The van der Waals surface area contributed by atoms with E-state index in [-0.39, 0.29) is 17.3 Å². The predicted octanol–water partition coefficient (Wildman–Crippen LogP) is 2.74. The quantitative estimate of drug-likeness (QED) is 0.738. The topological polar surface area (TPSA) is 75.4 Å². The molecule has 4 N–H and O–H groups in total. The molecule has 4 atom stereocenters. The van der Waals surface area contributed by atoms with E-state index in [2.05, 4.69) is 29.6 Å². The highest BCUT2D eigenvalue weighted by atomic mass is 16.4. The van der Waals surface area contributed by atoms with Gasteiger partial charge in [0.1, 0.15) is 0 Å². The number of nitrogen functional groups attached to an aromatic ring is 1. The van der Waals surface area contributed by atoms with Crippen LogP contribution in [0.5, 0.6) is 0 Å². The van der Waals surface area contributed by atoms with Crippen molar-refractivity contribution in [2.75, 3.05) is 18.8 Å². The standard InChI is InChI=1S/C21H22N2O2/c22-14-5-3-4-13(10-14)20-9-8-17(15-6-1-2-7-16(15)20)21(19(24)25)12-23-11-18(20)21/h1-7,10,17-18,23H,8-9,11-12,22H2,(H,24,25). The fraction of sp³-hybridized carbons (Fsp3) is 0.381. The van der Waals surface area contributed by atoms with Crippen molar-refractivity contribution < 1.29 is 9.90 Å². The second-order valence-electron chi connectivity index (χ2n) is 7.80. The molecule has 2 aromatic carbocycles. The second-order valence-corrected chi connectivity index (χ2v) is 7.80. The molecule has 2 aromatic rings. The lowest BCUT2D eigenvalue weighted by atomic mass is 9.42. The molecule has 4 unspecified atom stereocenters. The van der Waals surface area contributed by atoms with E-state index in [9.17, 15) is 9.90 Å². The maximum Gasteiger partial charge on any atom is 0.311 e. The van der Waals surface area contributed by atoms with Gasteiger partial charge in [0.25, 0.3) is 0 Å². The Morgan fingerprint density at radius 2 is 2.04 bits per heavy atom. The minimum Gasteiger partial charge on any atom is -0.481 e. The molecule has 1 heterocycles. The average Bonchev–Trinajstić information content (AvgIpc) is 3.10. The number of nitrogens with one attached hydrogen (secondary N) is 1. The van der Waals surface area contributed by atoms with Gasteiger partial charge in [-0.25, -0.2) is 0 Å². The third-order valence-electron chi connectivity index (χ3n) is 7.05. The Morgan fingerprint density at radius 1 is 1.20 bits per heavy atom. The highest BCUT2D eigenvalue weighted by Crippen LogP contribution is 2.67. The number of benzene rings is 2. The summed E-state index contributed by atoms with van der Waals surface area (Å²) in [4.78, 5) is 12.5. The van der Waals surface area contributed by atoms with Crippen molar-refractivity contribution in [3.05, 3.63) is 65.2 Å². The minimum atomic E-state index is -0.725. The van der Waals surface area contributed by atoms with Crippen LogP contribution in [0.2, 0.25) is 0 Å². The smallest absolute Gasteiger partial charge is 0.311 e. The van der Waals surface area contributed by atoms with Gasteiger partial charge < -0.3 is 16.2 Å². The van der Waals surface area contributed by atoms with Crippen molar-refractivity contribution in [1.29, 1.82) is 0 Å². The number of nitrogens with two attached hydrogens (primary N) is 1. The molecule has 0 spiro atoms. The first-order valence-electron chi connectivity index (χ1n) is 9.00. The van der Waals surface area contributed by atoms with Crippen LogP contribution < -0.4 is 11.1 Å². The molecule has 4 heteroatoms. The molecule has 25 heavy (non-hydrogen) atoms. The molecular formula is C21H22N2O2. The number of anilines is 1. The fourth-order valence-corrected chi connectivity index (χ4v) is 6.17. The minimum absolute atomic E-state index is 0.0490. The summed E-state index contributed by atoms with van der Waals surface area (Å²) in [7, 11) is 0. The summed E-state index contributed by atoms with van der Waals surface area (Å²) < 4.78 is 0. The lowest BCUT2D eigenvalue weighted by Crippen LogP contribution is -2.60. The van der Waals surface area contributed by atoms with E-state index in [1.165, 1.54) is 11.1 Å². The van der Waals surface area contributed by atoms with Gasteiger partial charge in [0, 0.05) is 36.0 Å². The van der Waals surface area contributed by atoms with Gasteiger partial charge >= 0.3 is 5.97 Å². The Labute approximate surface area is 147 Å². The molecule has 2 fully saturated rings. The monoisotopic (exact) mass is 334 g/mol. The van der Waals surface area contributed by atoms with E-state index >= 15 is 0 Å². The molecule has 0 aromatic heterocycles. The lowest BCUT2D eigenvalue weighted by Gasteiger charge is -2.59. The van der Waals surface area contributed by atoms with Gasteiger partial charge in [-0.05, 0) is 41.7 Å². The van der Waals surface area contributed by atoms with Crippen molar-refractivity contribution in [3.63, 3.8) is 0 Å². The molecule has 6 rings (SSSR count). The van der Waals surface area contributed by atoms with Gasteiger partial charge in [0.2, 0.25) is 0 Å². The Kier molecular flexibility index (Phi) is 2.91. The normalized spacial score (nSPS) is 35.2. The Bertz CT molecular complexity index is 880. The van der Waals surface area contributed by atoms with Crippen molar-refractivity contribution in [2.45, 2.75) is 24.2 Å². The van der Waals surface area contributed by atoms with Crippen LogP contribution >= 0.6 is 0 Å². The lowest BCUT2D eigenvalue weighted by molar-refractivity contribution is -0.157. The van der Waals surface area contributed by atoms with E-state index < -0.39 is 11.4 Å². The van der Waals surface area contributed by atoms with Gasteiger partial charge in [0.05, 0.1) is 5.41 Å². The predicted molar refractivity (Wildman–Crippen MR) is 96.5 cm³/mol. The number of fused-ring (bicyclic) bond motifs is 1. The molecule has 1 saturated heterocycles. The van der Waals surface area contributed by atoms with E-state index in [0.29, 0.717) is 6.54 Å². The van der Waals surface area contributed by atoms with Crippen molar-refractivity contribution >= 4 is 11.7 Å². The molecule has 3 aliphatic carbocycles. The number of hydrogen-bond donors (Lipinski definition) is 3. The van der Waals surface area contributed by atoms with Gasteiger partial charge in [-0.2, -0.15) is 0 Å². The summed E-state index contributed by atoms with van der Waals surface area (Å²) in [5, 5.41) is 13.7. The van der Waals surface area contributed by atoms with Gasteiger partial charge in [-0.3, -0.25) is 4.79 Å². The van der Waals surface area contributed by atoms with Crippen LogP contribution in [0.25, 0.3) is 0 Å². The maximum atomic E-state index is 12.5. The fourth-order valence-electron chi connectivity index (χ4n) is 6.17. The van der Waals surface area contributed by atoms with Crippen LogP contribution in [0.1, 0.15) is 35.4 Å². The third kappa shape index (κ3) is 1.63. The molecular weight excluding hydrogens is 312 g/mol. The van der Waals surface area contributed by atoms with E-state index in [1.54, 1.807) is 0 Å². The molecule has 0 amide bonds. The summed E-state index contributed by atoms with van der Waals surface area (Å²) in [6.07, 6.45) is 1.90. The zero-order valence-electron chi connectivity index (χ0n) is 14.0. The average molecular weight is 334 g/mol. The molecule has 2 bridgehead atoms. The molecule has 4 nitrogen and oxygen atoms in total. The summed E-state index contributed by atoms with van der Waals surface area (Å²) in [5.41, 5.74) is 9.54. The Hall–Kier alpha value is -2.33. The van der Waals surface area contributed by atoms with E-state index in [0.717, 1.165) is 30.6 Å². The van der Waals surface area contributed by atoms with Crippen LogP contribution in [0.15, 0.2) is 48.5 Å². The number of rotatable bonds is 2. The maximum absolute atomic E-state index is 12.5. The first-order chi connectivity index (χ1) is 12.1. The van der Waals surface area contributed by atoms with Crippen LogP contribution in [-0.2, 0) is 10.2 Å². The summed E-state index contributed by atoms with van der Waals surface area (Å²) >= 11 is 0. The van der Waals surface area contributed by atoms with Gasteiger partial charge in [-0.1, -0.05) is 36.4 Å². The zero-order chi connectivity index (χ0) is 17.2. The van der Waals surface area contributed by atoms with Crippen LogP contribution in [0.3, 0.4) is 0 Å². The number of carboxylic acids is 1. The zero-order valence-corrected chi connectivity index (χ0v) is 14.0. The summed E-state index contributed by atoms with van der Waals surface area (Å²) in [5.74, 6) is -0.521. The van der Waals surface area contributed by atoms with E-state index in [4.69, 9.17) is 5.73 Å². The van der Waals surface area contributed by atoms with Crippen LogP contribution in [-0.4, -0.2) is 24.2 Å². The van der Waals surface area contributed by atoms with Crippen molar-refractivity contribution in [1.82, 2.24) is 5.32 Å². The number of carboxylic acid groups (broad SMARTS) is 1. The number of hydrogen-bond acceptors (Lipinski definition) is 3. The third-order valence-corrected chi connectivity index (χ3v) is 7.05. The summed E-state index contributed by atoms with van der Waals surface area (Å²) in [6, 6.07) is 16.5. The SMILES string of the molecule is Nc1cccc(C23CCC(c4ccccc42)C2(C(=O)O)CNCC32)c1. The molecule has 1 saturated carbocycles. The molecule has 1 aliphatic heterocycles.